The molecule has 3 rings (SSSR count). The van der Waals surface area contributed by atoms with E-state index in [0.717, 1.165) is 0 Å². The number of benzene rings is 2. The molecule has 3 nitrogen and oxygen atoms in total. The lowest BCUT2D eigenvalue weighted by atomic mass is 9.80. The van der Waals surface area contributed by atoms with Crippen LogP contribution in [0.4, 0.5) is 0 Å². The average molecular weight is 318 g/mol. The summed E-state index contributed by atoms with van der Waals surface area (Å²) in [5.74, 6) is -0.906. The minimum atomic E-state index is -0.819. The van der Waals surface area contributed by atoms with Gasteiger partial charge in [0.05, 0.1) is 12.2 Å². The summed E-state index contributed by atoms with van der Waals surface area (Å²) < 4.78 is 5.44. The van der Waals surface area contributed by atoms with Gasteiger partial charge in [-0.15, -0.1) is 0 Å². The van der Waals surface area contributed by atoms with Crippen LogP contribution in [0.1, 0.15) is 39.3 Å². The Hall–Kier alpha value is -2.94. The van der Waals surface area contributed by atoms with Gasteiger partial charge in [-0.25, -0.2) is 0 Å². The number of hydrogen-bond donors (Lipinski definition) is 0. The quantitative estimate of drug-likeness (QED) is 0.486. The van der Waals surface area contributed by atoms with Gasteiger partial charge in [0.15, 0.2) is 11.6 Å². The van der Waals surface area contributed by atoms with Crippen molar-refractivity contribution in [3.8, 4) is 0 Å². The van der Waals surface area contributed by atoms with Gasteiger partial charge in [-0.1, -0.05) is 67.6 Å². The van der Waals surface area contributed by atoms with Gasteiger partial charge < -0.3 is 4.42 Å². The first kappa shape index (κ1) is 15.9. The van der Waals surface area contributed by atoms with Crippen molar-refractivity contribution in [1.82, 2.24) is 0 Å². The van der Waals surface area contributed by atoms with E-state index < -0.39 is 5.92 Å². The molecule has 3 aromatic rings. The molecule has 0 fully saturated rings. The molecule has 24 heavy (non-hydrogen) atoms. The van der Waals surface area contributed by atoms with E-state index in [0.29, 0.717) is 16.9 Å². The minimum Gasteiger partial charge on any atom is -0.469 e. The van der Waals surface area contributed by atoms with Crippen molar-refractivity contribution in [1.29, 1.82) is 0 Å². The Morgan fingerprint density at radius 3 is 1.67 bits per heavy atom. The zero-order valence-electron chi connectivity index (χ0n) is 13.4. The minimum absolute atomic E-state index is 0.187. The van der Waals surface area contributed by atoms with Crippen molar-refractivity contribution < 1.29 is 14.0 Å². The Bertz CT molecular complexity index is 753. The van der Waals surface area contributed by atoms with Gasteiger partial charge in [-0.05, 0) is 12.1 Å². The van der Waals surface area contributed by atoms with Gasteiger partial charge in [-0.2, -0.15) is 0 Å². The third-order valence-electron chi connectivity index (χ3n) is 4.17. The van der Waals surface area contributed by atoms with Crippen molar-refractivity contribution in [2.75, 3.05) is 0 Å². The summed E-state index contributed by atoms with van der Waals surface area (Å²) in [6.07, 6.45) is 1.56. The van der Waals surface area contributed by atoms with E-state index in [1.54, 1.807) is 66.9 Å². The van der Waals surface area contributed by atoms with Gasteiger partial charge in [0.1, 0.15) is 5.76 Å². The molecule has 2 aromatic carbocycles. The molecule has 120 valence electrons. The van der Waals surface area contributed by atoms with Gasteiger partial charge in [0.2, 0.25) is 0 Å². The fourth-order valence-electron chi connectivity index (χ4n) is 2.85. The predicted molar refractivity (Wildman–Crippen MR) is 92.2 cm³/mol. The molecule has 0 N–H and O–H groups in total. The molecule has 0 saturated carbocycles. The van der Waals surface area contributed by atoms with Crippen molar-refractivity contribution in [2.45, 2.75) is 12.8 Å². The van der Waals surface area contributed by atoms with E-state index >= 15 is 0 Å². The van der Waals surface area contributed by atoms with Gasteiger partial charge in [0, 0.05) is 17.0 Å². The van der Waals surface area contributed by atoms with E-state index in [-0.39, 0.29) is 17.5 Å². The molecule has 0 saturated heterocycles. The smallest absolute Gasteiger partial charge is 0.174 e. The third-order valence-corrected chi connectivity index (χ3v) is 4.17. The van der Waals surface area contributed by atoms with Crippen LogP contribution in [0.25, 0.3) is 0 Å². The molecule has 0 aliphatic carbocycles. The van der Waals surface area contributed by atoms with Crippen LogP contribution in [0, 0.1) is 5.92 Å². The summed E-state index contributed by atoms with van der Waals surface area (Å²) in [5.41, 5.74) is 1.07. The molecule has 0 spiro atoms. The first-order valence-electron chi connectivity index (χ1n) is 7.90. The fourth-order valence-corrected chi connectivity index (χ4v) is 2.85. The Balaban J connectivity index is 2.01. The van der Waals surface area contributed by atoms with E-state index in [1.807, 2.05) is 19.1 Å². The van der Waals surface area contributed by atoms with Crippen LogP contribution >= 0.6 is 0 Å². The largest absolute Gasteiger partial charge is 0.469 e. The first-order chi connectivity index (χ1) is 11.7. The number of carbonyl (C=O) groups excluding carboxylic acids is 2. The second kappa shape index (κ2) is 7.09. The molecule has 3 heteroatoms. The van der Waals surface area contributed by atoms with Crippen molar-refractivity contribution in [2.24, 2.45) is 5.92 Å². The van der Waals surface area contributed by atoms with Crippen LogP contribution in [-0.2, 0) is 0 Å². The predicted octanol–water partition coefficient (Wildman–Crippen LogP) is 4.77. The highest BCUT2D eigenvalue weighted by Gasteiger charge is 2.35. The van der Waals surface area contributed by atoms with Gasteiger partial charge >= 0.3 is 0 Å². The maximum atomic E-state index is 13.0. The van der Waals surface area contributed by atoms with Crippen molar-refractivity contribution in [3.63, 3.8) is 0 Å². The Morgan fingerprint density at radius 2 is 1.25 bits per heavy atom. The summed E-state index contributed by atoms with van der Waals surface area (Å²) in [6, 6.07) is 21.4. The molecule has 0 amide bonds. The highest BCUT2D eigenvalue weighted by molar-refractivity contribution is 6.16. The van der Waals surface area contributed by atoms with Crippen LogP contribution in [0.2, 0.25) is 0 Å². The molecule has 1 heterocycles. The number of furan rings is 1. The average Bonchev–Trinajstić information content (AvgIpc) is 3.18. The normalized spacial score (nSPS) is 12.1. The van der Waals surface area contributed by atoms with Crippen LogP contribution in [0.15, 0.2) is 83.5 Å². The van der Waals surface area contributed by atoms with E-state index in [2.05, 4.69) is 0 Å². The molecular weight excluding hydrogens is 300 g/mol. The van der Waals surface area contributed by atoms with E-state index in [1.165, 1.54) is 0 Å². The van der Waals surface area contributed by atoms with Crippen LogP contribution in [0.3, 0.4) is 0 Å². The zero-order valence-corrected chi connectivity index (χ0v) is 13.4. The maximum absolute atomic E-state index is 13.0. The Morgan fingerprint density at radius 1 is 0.750 bits per heavy atom. The molecular formula is C21H18O3. The number of ketones is 2. The zero-order chi connectivity index (χ0) is 16.9. The van der Waals surface area contributed by atoms with Gasteiger partial charge in [-0.3, -0.25) is 9.59 Å². The second-order valence-corrected chi connectivity index (χ2v) is 5.74. The summed E-state index contributed by atoms with van der Waals surface area (Å²) in [7, 11) is 0. The molecule has 0 bridgehead atoms. The molecule has 1 atom stereocenters. The summed E-state index contributed by atoms with van der Waals surface area (Å²) in [6.45, 7) is 1.85. The Kier molecular flexibility index (Phi) is 4.71. The lowest BCUT2D eigenvalue weighted by molar-refractivity contribution is 0.0780. The molecule has 1 unspecified atom stereocenters. The second-order valence-electron chi connectivity index (χ2n) is 5.74. The highest BCUT2D eigenvalue weighted by atomic mass is 16.3. The third kappa shape index (κ3) is 3.20. The molecule has 0 radical (unpaired) electrons. The van der Waals surface area contributed by atoms with Crippen LogP contribution < -0.4 is 0 Å². The van der Waals surface area contributed by atoms with E-state index in [9.17, 15) is 9.59 Å². The Labute approximate surface area is 140 Å². The number of hydrogen-bond acceptors (Lipinski definition) is 3. The number of rotatable bonds is 6. The topological polar surface area (TPSA) is 47.3 Å². The lowest BCUT2D eigenvalue weighted by Crippen LogP contribution is -2.29. The van der Waals surface area contributed by atoms with Crippen molar-refractivity contribution in [3.05, 3.63) is 95.9 Å². The highest BCUT2D eigenvalue weighted by Crippen LogP contribution is 2.30. The molecule has 1 aromatic heterocycles. The lowest BCUT2D eigenvalue weighted by Gasteiger charge is -2.20. The van der Waals surface area contributed by atoms with Crippen LogP contribution in [0.5, 0.6) is 0 Å². The number of carbonyl (C=O) groups is 2. The molecule has 0 aliphatic heterocycles. The summed E-state index contributed by atoms with van der Waals surface area (Å²) in [4.78, 5) is 26.1. The van der Waals surface area contributed by atoms with Gasteiger partial charge in [0.25, 0.3) is 0 Å². The first-order valence-corrected chi connectivity index (χ1v) is 7.90. The maximum Gasteiger partial charge on any atom is 0.174 e. The molecule has 0 aliphatic rings. The monoisotopic (exact) mass is 318 g/mol. The van der Waals surface area contributed by atoms with Crippen LogP contribution in [-0.4, -0.2) is 11.6 Å². The summed E-state index contributed by atoms with van der Waals surface area (Å²) in [5, 5.41) is 0. The fraction of sp³-hybridized carbons (Fsp3) is 0.143. The standard InChI is InChI=1S/C21H18O3/c1-15(18-13-8-14-24-18)19(20(22)16-9-4-2-5-10-16)21(23)17-11-6-3-7-12-17/h2-15,19H,1H3. The number of Topliss-reactive ketones (excluding diaryl/α,β-unsaturated/α-hetero) is 2. The van der Waals surface area contributed by atoms with Crippen molar-refractivity contribution >= 4 is 11.6 Å². The SMILES string of the molecule is CC(c1ccco1)C(C(=O)c1ccccc1)C(=O)c1ccccc1. The van der Waals surface area contributed by atoms with E-state index in [4.69, 9.17) is 4.42 Å². The summed E-state index contributed by atoms with van der Waals surface area (Å²) >= 11 is 0.